The van der Waals surface area contributed by atoms with Crippen LogP contribution in [-0.2, 0) is 10.2 Å². The zero-order valence-electron chi connectivity index (χ0n) is 8.33. The van der Waals surface area contributed by atoms with Gasteiger partial charge in [0.1, 0.15) is 0 Å². The van der Waals surface area contributed by atoms with E-state index >= 15 is 0 Å². The Balaban J connectivity index is 4.41. The molecule has 0 aliphatic carbocycles. The minimum absolute atomic E-state index is 0.0127. The maximum atomic E-state index is 11.4. The topological polar surface area (TPSA) is 49.4 Å². The minimum atomic E-state index is -3.28. The monoisotopic (exact) mass is 194 g/mol. The zero-order chi connectivity index (χ0) is 9.94. The molecular weight excluding hydrogens is 176 g/mol. The van der Waals surface area contributed by atoms with E-state index in [1.165, 1.54) is 4.31 Å². The van der Waals surface area contributed by atoms with Crippen molar-refractivity contribution in [2.24, 2.45) is 0 Å². The first-order valence-corrected chi connectivity index (χ1v) is 5.46. The largest absolute Gasteiger partial charge is 0.279 e. The lowest BCUT2D eigenvalue weighted by Crippen LogP contribution is -2.44. The maximum absolute atomic E-state index is 11.4. The summed E-state index contributed by atoms with van der Waals surface area (Å²) in [5, 5.41) is 0. The Hall–Kier alpha value is -0.130. The van der Waals surface area contributed by atoms with Crippen LogP contribution in [-0.4, -0.2) is 31.9 Å². The highest BCUT2D eigenvalue weighted by atomic mass is 32.2. The molecule has 0 saturated carbocycles. The molecule has 0 aromatic carbocycles. The Morgan fingerprint density at radius 1 is 1.17 bits per heavy atom. The molecule has 0 amide bonds. The molecule has 0 heterocycles. The normalized spacial score (nSPS) is 13.3. The van der Waals surface area contributed by atoms with Gasteiger partial charge < -0.3 is 0 Å². The van der Waals surface area contributed by atoms with Crippen LogP contribution in [0.2, 0.25) is 0 Å². The van der Waals surface area contributed by atoms with Gasteiger partial charge in [0.15, 0.2) is 0 Å². The lowest BCUT2D eigenvalue weighted by Gasteiger charge is -2.22. The van der Waals surface area contributed by atoms with Crippen LogP contribution in [0.5, 0.6) is 0 Å². The predicted octanol–water partition coefficient (Wildman–Crippen LogP) is 0.569. The van der Waals surface area contributed by atoms with Gasteiger partial charge in [-0.25, -0.2) is 0 Å². The number of rotatable bonds is 4. The first kappa shape index (κ1) is 11.9. The fourth-order valence-electron chi connectivity index (χ4n) is 0.659. The van der Waals surface area contributed by atoms with Crippen molar-refractivity contribution < 1.29 is 8.42 Å². The van der Waals surface area contributed by atoms with Gasteiger partial charge in [0.2, 0.25) is 0 Å². The van der Waals surface area contributed by atoms with Crippen LogP contribution in [0.3, 0.4) is 0 Å². The second-order valence-electron chi connectivity index (χ2n) is 3.39. The second kappa shape index (κ2) is 4.20. The summed E-state index contributed by atoms with van der Waals surface area (Å²) in [6, 6.07) is -0.0718. The molecule has 0 aliphatic rings. The van der Waals surface area contributed by atoms with Crippen molar-refractivity contribution in [1.29, 1.82) is 0 Å². The maximum Gasteiger partial charge on any atom is 0.279 e. The number of nitrogens with zero attached hydrogens (tertiary/aromatic N) is 1. The second-order valence-corrected chi connectivity index (χ2v) is 5.15. The molecule has 0 atom stereocenters. The third-order valence-corrected chi connectivity index (χ3v) is 3.44. The van der Waals surface area contributed by atoms with E-state index < -0.39 is 10.2 Å². The van der Waals surface area contributed by atoms with Crippen LogP contribution in [0.15, 0.2) is 0 Å². The third kappa shape index (κ3) is 3.51. The lowest BCUT2D eigenvalue weighted by atomic mass is 10.4. The lowest BCUT2D eigenvalue weighted by molar-refractivity contribution is 0.399. The number of nitrogens with one attached hydrogen (secondary N) is 1. The molecule has 0 aromatic rings. The first-order valence-electron chi connectivity index (χ1n) is 4.02. The summed E-state index contributed by atoms with van der Waals surface area (Å²) in [6.07, 6.45) is 0. The Kier molecular flexibility index (Phi) is 4.16. The van der Waals surface area contributed by atoms with Gasteiger partial charge in [-0.05, 0) is 27.7 Å². The summed E-state index contributed by atoms with van der Waals surface area (Å²) in [5.41, 5.74) is 0. The standard InChI is InChI=1S/C7H18N2O2S/c1-6(2)8-12(10,11)9(5)7(3)4/h6-8H,1-5H3. The molecule has 0 saturated heterocycles. The van der Waals surface area contributed by atoms with Crippen molar-refractivity contribution in [3.63, 3.8) is 0 Å². The van der Waals surface area contributed by atoms with Crippen molar-refractivity contribution in [3.05, 3.63) is 0 Å². The van der Waals surface area contributed by atoms with Crippen molar-refractivity contribution in [3.8, 4) is 0 Å². The van der Waals surface area contributed by atoms with Crippen molar-refractivity contribution >= 4 is 10.2 Å². The van der Waals surface area contributed by atoms with Crippen molar-refractivity contribution in [1.82, 2.24) is 9.03 Å². The Morgan fingerprint density at radius 2 is 1.58 bits per heavy atom. The Bertz CT molecular complexity index is 222. The molecule has 4 nitrogen and oxygen atoms in total. The van der Waals surface area contributed by atoms with Crippen LogP contribution in [0.25, 0.3) is 0 Å². The summed E-state index contributed by atoms with van der Waals surface area (Å²) >= 11 is 0. The minimum Gasteiger partial charge on any atom is -0.200 e. The molecule has 0 bridgehead atoms. The van der Waals surface area contributed by atoms with Gasteiger partial charge in [-0.3, -0.25) is 0 Å². The summed E-state index contributed by atoms with van der Waals surface area (Å²) in [6.45, 7) is 7.26. The fourth-order valence-corrected chi connectivity index (χ4v) is 1.98. The molecule has 0 fully saturated rings. The number of hydrogen-bond donors (Lipinski definition) is 1. The molecular formula is C7H18N2O2S. The smallest absolute Gasteiger partial charge is 0.200 e. The van der Waals surface area contributed by atoms with Gasteiger partial charge in [-0.15, -0.1) is 0 Å². The Morgan fingerprint density at radius 3 is 1.83 bits per heavy atom. The van der Waals surface area contributed by atoms with E-state index in [1.54, 1.807) is 20.9 Å². The van der Waals surface area contributed by atoms with Crippen molar-refractivity contribution in [2.75, 3.05) is 7.05 Å². The summed E-state index contributed by atoms with van der Waals surface area (Å²) < 4.78 is 26.6. The average Bonchev–Trinajstić information content (AvgIpc) is 1.82. The van der Waals surface area contributed by atoms with Crippen molar-refractivity contribution in [2.45, 2.75) is 39.8 Å². The van der Waals surface area contributed by atoms with Crippen LogP contribution in [0, 0.1) is 0 Å². The molecule has 5 heteroatoms. The highest BCUT2D eigenvalue weighted by Gasteiger charge is 2.20. The van der Waals surface area contributed by atoms with Gasteiger partial charge in [-0.2, -0.15) is 17.4 Å². The summed E-state index contributed by atoms with van der Waals surface area (Å²) in [5.74, 6) is 0. The highest BCUT2D eigenvalue weighted by Crippen LogP contribution is 2.01. The SMILES string of the molecule is CC(C)NS(=O)(=O)N(C)C(C)C. The van der Waals surface area contributed by atoms with Crippen LogP contribution in [0.1, 0.15) is 27.7 Å². The van der Waals surface area contributed by atoms with Gasteiger partial charge in [0, 0.05) is 19.1 Å². The van der Waals surface area contributed by atoms with Crippen LogP contribution < -0.4 is 4.72 Å². The Labute approximate surface area is 75.1 Å². The van der Waals surface area contributed by atoms with Gasteiger partial charge >= 0.3 is 0 Å². The van der Waals surface area contributed by atoms with E-state index in [2.05, 4.69) is 4.72 Å². The summed E-state index contributed by atoms with van der Waals surface area (Å²) in [7, 11) is -1.71. The molecule has 12 heavy (non-hydrogen) atoms. The predicted molar refractivity (Wildman–Crippen MR) is 50.1 cm³/mol. The zero-order valence-corrected chi connectivity index (χ0v) is 9.14. The summed E-state index contributed by atoms with van der Waals surface area (Å²) in [4.78, 5) is 0. The molecule has 0 rings (SSSR count). The average molecular weight is 194 g/mol. The van der Waals surface area contributed by atoms with Crippen LogP contribution >= 0.6 is 0 Å². The molecule has 1 N–H and O–H groups in total. The molecule has 0 unspecified atom stereocenters. The van der Waals surface area contributed by atoms with Gasteiger partial charge in [-0.1, -0.05) is 0 Å². The van der Waals surface area contributed by atoms with Gasteiger partial charge in [0.05, 0.1) is 0 Å². The van der Waals surface area contributed by atoms with E-state index in [9.17, 15) is 8.42 Å². The molecule has 0 spiro atoms. The van der Waals surface area contributed by atoms with Gasteiger partial charge in [0.25, 0.3) is 10.2 Å². The highest BCUT2D eigenvalue weighted by molar-refractivity contribution is 7.87. The third-order valence-electron chi connectivity index (χ3n) is 1.49. The van der Waals surface area contributed by atoms with E-state index in [0.717, 1.165) is 0 Å². The van der Waals surface area contributed by atoms with E-state index in [1.807, 2.05) is 13.8 Å². The van der Waals surface area contributed by atoms with E-state index in [0.29, 0.717) is 0 Å². The number of hydrogen-bond acceptors (Lipinski definition) is 2. The van der Waals surface area contributed by atoms with Crippen LogP contribution in [0.4, 0.5) is 0 Å². The first-order chi connectivity index (χ1) is 5.27. The molecule has 0 radical (unpaired) electrons. The van der Waals surface area contributed by atoms with E-state index in [-0.39, 0.29) is 12.1 Å². The molecule has 74 valence electrons. The fraction of sp³-hybridized carbons (Fsp3) is 1.00. The van der Waals surface area contributed by atoms with E-state index in [4.69, 9.17) is 0 Å². The quantitative estimate of drug-likeness (QED) is 0.711. The molecule has 0 aliphatic heterocycles. The molecule has 0 aromatic heterocycles.